The predicted molar refractivity (Wildman–Crippen MR) is 86.4 cm³/mol. The van der Waals surface area contributed by atoms with Crippen LogP contribution in [0.4, 0.5) is 10.7 Å². The summed E-state index contributed by atoms with van der Waals surface area (Å²) in [7, 11) is 0. The van der Waals surface area contributed by atoms with Gasteiger partial charge in [-0.1, -0.05) is 11.6 Å². The number of nitrogens with one attached hydrogen (secondary N) is 1. The highest BCUT2D eigenvalue weighted by Crippen LogP contribution is 2.24. The second kappa shape index (κ2) is 6.69. The first-order valence-electron chi connectivity index (χ1n) is 7.49. The normalized spacial score (nSPS) is 18.4. The van der Waals surface area contributed by atoms with Crippen LogP contribution in [0, 0.1) is 6.92 Å². The van der Waals surface area contributed by atoms with E-state index in [1.165, 1.54) is 0 Å². The van der Waals surface area contributed by atoms with E-state index in [0.29, 0.717) is 17.6 Å². The molecule has 2 rings (SSSR count). The summed E-state index contributed by atoms with van der Waals surface area (Å²) in [6, 6.07) is 0.159. The van der Waals surface area contributed by atoms with Crippen molar-refractivity contribution in [2.45, 2.75) is 52.2 Å². The van der Waals surface area contributed by atoms with E-state index in [1.807, 2.05) is 27.7 Å². The minimum absolute atomic E-state index is 0.159. The van der Waals surface area contributed by atoms with Gasteiger partial charge in [-0.3, -0.25) is 0 Å². The minimum Gasteiger partial charge on any atom is -0.444 e. The van der Waals surface area contributed by atoms with E-state index >= 15 is 0 Å². The van der Waals surface area contributed by atoms with Gasteiger partial charge in [0.1, 0.15) is 10.8 Å². The van der Waals surface area contributed by atoms with E-state index in [0.717, 1.165) is 24.9 Å². The molecular weight excluding hydrogens is 304 g/mol. The number of halogens is 1. The van der Waals surface area contributed by atoms with Crippen LogP contribution in [0.25, 0.3) is 0 Å². The van der Waals surface area contributed by atoms with Crippen LogP contribution in [-0.4, -0.2) is 40.8 Å². The maximum atomic E-state index is 11.8. The number of aryl methyl sites for hydroxylation is 1. The van der Waals surface area contributed by atoms with Gasteiger partial charge >= 0.3 is 6.09 Å². The lowest BCUT2D eigenvalue weighted by atomic mass is 10.2. The fraction of sp³-hybridized carbons (Fsp3) is 0.667. The fourth-order valence-electron chi connectivity index (χ4n) is 2.38. The number of aromatic nitrogens is 2. The van der Waals surface area contributed by atoms with Crippen LogP contribution in [0.2, 0.25) is 5.15 Å². The zero-order valence-electron chi connectivity index (χ0n) is 13.5. The summed E-state index contributed by atoms with van der Waals surface area (Å²) in [6.45, 7) is 8.77. The maximum Gasteiger partial charge on any atom is 0.407 e. The van der Waals surface area contributed by atoms with Crippen LogP contribution < -0.4 is 10.2 Å². The number of amides is 1. The molecule has 1 aromatic rings. The average molecular weight is 327 g/mol. The Labute approximate surface area is 136 Å². The highest BCUT2D eigenvalue weighted by atomic mass is 35.5. The Hall–Kier alpha value is -1.56. The van der Waals surface area contributed by atoms with E-state index in [-0.39, 0.29) is 6.04 Å². The summed E-state index contributed by atoms with van der Waals surface area (Å²) in [4.78, 5) is 22.5. The molecule has 0 radical (unpaired) electrons. The number of carbonyl (C=O) groups is 1. The zero-order valence-corrected chi connectivity index (χ0v) is 14.3. The molecule has 1 saturated heterocycles. The summed E-state index contributed by atoms with van der Waals surface area (Å²) in [6.07, 6.45) is 3.34. The number of nitrogens with zero attached hydrogens (tertiary/aromatic N) is 3. The quantitative estimate of drug-likeness (QED) is 0.865. The molecule has 0 spiro atoms. The Balaban J connectivity index is 1.96. The van der Waals surface area contributed by atoms with Crippen LogP contribution >= 0.6 is 11.6 Å². The van der Waals surface area contributed by atoms with E-state index in [9.17, 15) is 4.79 Å². The highest BCUT2D eigenvalue weighted by molar-refractivity contribution is 6.30. The fourth-order valence-corrected chi connectivity index (χ4v) is 2.50. The van der Waals surface area contributed by atoms with E-state index in [1.54, 1.807) is 6.20 Å². The van der Waals surface area contributed by atoms with Crippen LogP contribution in [0.5, 0.6) is 0 Å². The molecule has 0 aromatic carbocycles. The Morgan fingerprint density at radius 3 is 2.91 bits per heavy atom. The molecule has 0 unspecified atom stereocenters. The van der Waals surface area contributed by atoms with Crippen LogP contribution in [0.3, 0.4) is 0 Å². The number of ether oxygens (including phenoxy) is 1. The third kappa shape index (κ3) is 4.47. The number of hydrogen-bond donors (Lipinski definition) is 1. The molecule has 2 heterocycles. The molecule has 122 valence electrons. The first-order chi connectivity index (χ1) is 10.3. The SMILES string of the molecule is Cc1cnc(N2CCC[C@@H]2CNC(=O)OC(C)(C)C)nc1Cl. The van der Waals surface area contributed by atoms with Crippen molar-refractivity contribution in [2.24, 2.45) is 0 Å². The van der Waals surface area contributed by atoms with Gasteiger partial charge in [0.15, 0.2) is 0 Å². The molecule has 1 aliphatic rings. The van der Waals surface area contributed by atoms with Crippen molar-refractivity contribution in [1.82, 2.24) is 15.3 Å². The molecular formula is C15H23ClN4O2. The number of rotatable bonds is 3. The Bertz CT molecular complexity index is 545. The van der Waals surface area contributed by atoms with Crippen molar-refractivity contribution in [1.29, 1.82) is 0 Å². The van der Waals surface area contributed by atoms with E-state index in [2.05, 4.69) is 20.2 Å². The minimum atomic E-state index is -0.493. The van der Waals surface area contributed by atoms with Gasteiger partial charge < -0.3 is 15.0 Å². The largest absolute Gasteiger partial charge is 0.444 e. The number of alkyl carbamates (subject to hydrolysis) is 1. The average Bonchev–Trinajstić information content (AvgIpc) is 2.86. The lowest BCUT2D eigenvalue weighted by molar-refractivity contribution is 0.0525. The lowest BCUT2D eigenvalue weighted by Crippen LogP contribution is -2.42. The van der Waals surface area contributed by atoms with E-state index in [4.69, 9.17) is 16.3 Å². The predicted octanol–water partition coefficient (Wildman–Crippen LogP) is 2.93. The van der Waals surface area contributed by atoms with Crippen LogP contribution in [0.1, 0.15) is 39.2 Å². The van der Waals surface area contributed by atoms with Gasteiger partial charge in [0.2, 0.25) is 5.95 Å². The molecule has 1 fully saturated rings. The molecule has 1 aliphatic heterocycles. The van der Waals surface area contributed by atoms with E-state index < -0.39 is 11.7 Å². The van der Waals surface area contributed by atoms with Crippen molar-refractivity contribution in [3.63, 3.8) is 0 Å². The Kier molecular flexibility index (Phi) is 5.11. The molecule has 6 nitrogen and oxygen atoms in total. The first-order valence-corrected chi connectivity index (χ1v) is 7.87. The topological polar surface area (TPSA) is 67.4 Å². The van der Waals surface area contributed by atoms with Crippen molar-refractivity contribution in [2.75, 3.05) is 18.0 Å². The monoisotopic (exact) mass is 326 g/mol. The molecule has 1 amide bonds. The summed E-state index contributed by atoms with van der Waals surface area (Å²) in [5, 5.41) is 3.28. The van der Waals surface area contributed by atoms with Gasteiger partial charge in [0.25, 0.3) is 0 Å². The van der Waals surface area contributed by atoms with Crippen molar-refractivity contribution in [3.8, 4) is 0 Å². The second-order valence-corrected chi connectivity index (χ2v) is 6.87. The maximum absolute atomic E-state index is 11.8. The molecule has 22 heavy (non-hydrogen) atoms. The summed E-state index contributed by atoms with van der Waals surface area (Å²) in [5.74, 6) is 0.615. The van der Waals surface area contributed by atoms with Crippen LogP contribution in [-0.2, 0) is 4.74 Å². The molecule has 7 heteroatoms. The van der Waals surface area contributed by atoms with Crippen LogP contribution in [0.15, 0.2) is 6.20 Å². The second-order valence-electron chi connectivity index (χ2n) is 6.52. The van der Waals surface area contributed by atoms with Crippen molar-refractivity contribution in [3.05, 3.63) is 16.9 Å². The number of anilines is 1. The molecule has 1 atom stereocenters. The third-order valence-corrected chi connectivity index (χ3v) is 3.79. The smallest absolute Gasteiger partial charge is 0.407 e. The number of carbonyl (C=O) groups excluding carboxylic acids is 1. The Morgan fingerprint density at radius 1 is 1.55 bits per heavy atom. The van der Waals surface area contributed by atoms with Crippen molar-refractivity contribution >= 4 is 23.6 Å². The summed E-state index contributed by atoms with van der Waals surface area (Å²) in [5.41, 5.74) is 0.362. The molecule has 1 N–H and O–H groups in total. The summed E-state index contributed by atoms with van der Waals surface area (Å²) < 4.78 is 5.25. The molecule has 1 aromatic heterocycles. The van der Waals surface area contributed by atoms with Crippen molar-refractivity contribution < 1.29 is 9.53 Å². The number of hydrogen-bond acceptors (Lipinski definition) is 5. The first kappa shape index (κ1) is 16.8. The Morgan fingerprint density at radius 2 is 2.27 bits per heavy atom. The zero-order chi connectivity index (χ0) is 16.3. The van der Waals surface area contributed by atoms with Gasteiger partial charge in [-0.05, 0) is 40.5 Å². The molecule has 0 bridgehead atoms. The molecule has 0 aliphatic carbocycles. The standard InChI is InChI=1S/C15H23ClN4O2/c1-10-8-17-13(19-12(10)16)20-7-5-6-11(20)9-18-14(21)22-15(2,3)4/h8,11H,5-7,9H2,1-4H3,(H,18,21)/t11-/m1/s1. The lowest BCUT2D eigenvalue weighted by Gasteiger charge is -2.26. The molecule has 0 saturated carbocycles. The highest BCUT2D eigenvalue weighted by Gasteiger charge is 2.28. The summed E-state index contributed by atoms with van der Waals surface area (Å²) >= 11 is 6.07. The van der Waals surface area contributed by atoms with Gasteiger partial charge in [-0.2, -0.15) is 0 Å². The van der Waals surface area contributed by atoms with Gasteiger partial charge in [0.05, 0.1) is 0 Å². The third-order valence-electron chi connectivity index (χ3n) is 3.41. The van der Waals surface area contributed by atoms with Gasteiger partial charge in [-0.15, -0.1) is 0 Å². The van der Waals surface area contributed by atoms with Gasteiger partial charge in [0, 0.05) is 30.9 Å². The van der Waals surface area contributed by atoms with Gasteiger partial charge in [-0.25, -0.2) is 14.8 Å².